The van der Waals surface area contributed by atoms with Crippen LogP contribution < -0.4 is 5.32 Å². The summed E-state index contributed by atoms with van der Waals surface area (Å²) >= 11 is 5.81. The van der Waals surface area contributed by atoms with Crippen LogP contribution in [0, 0.1) is 0 Å². The second kappa shape index (κ2) is 2.74. The molecule has 1 unspecified atom stereocenters. The number of nitrogens with one attached hydrogen (secondary N) is 1. The van der Waals surface area contributed by atoms with Crippen molar-refractivity contribution < 1.29 is 4.79 Å². The summed E-state index contributed by atoms with van der Waals surface area (Å²) in [7, 11) is 0. The molecule has 1 aliphatic heterocycles. The number of rotatable bonds is 1. The third-order valence-corrected chi connectivity index (χ3v) is 3.07. The van der Waals surface area contributed by atoms with E-state index in [4.69, 9.17) is 11.6 Å². The Balaban J connectivity index is 2.59. The molecule has 1 aromatic carbocycles. The maximum atomic E-state index is 11.6. The average molecular weight is 196 g/mol. The summed E-state index contributed by atoms with van der Waals surface area (Å²) in [6.07, 6.45) is 0. The van der Waals surface area contributed by atoms with Gasteiger partial charge in [-0.2, -0.15) is 0 Å². The molecule has 1 aliphatic rings. The van der Waals surface area contributed by atoms with E-state index in [1.165, 1.54) is 0 Å². The molecule has 0 bridgehead atoms. The molecule has 1 atom stereocenters. The van der Waals surface area contributed by atoms with Crippen molar-refractivity contribution in [3.8, 4) is 0 Å². The van der Waals surface area contributed by atoms with Gasteiger partial charge in [0.1, 0.15) is 0 Å². The summed E-state index contributed by atoms with van der Waals surface area (Å²) in [5, 5.41) is 2.82. The lowest BCUT2D eigenvalue weighted by atomic mass is 9.86. The minimum Gasteiger partial charge on any atom is -0.325 e. The largest absolute Gasteiger partial charge is 0.325 e. The third-order valence-electron chi connectivity index (χ3n) is 2.54. The second-order valence-electron chi connectivity index (χ2n) is 3.47. The first-order chi connectivity index (χ1) is 6.18. The van der Waals surface area contributed by atoms with Gasteiger partial charge in [-0.3, -0.25) is 4.79 Å². The normalized spacial score (nSPS) is 25.5. The fraction of sp³-hybridized carbons (Fsp3) is 0.300. The van der Waals surface area contributed by atoms with Crippen LogP contribution in [0.4, 0.5) is 5.69 Å². The molecule has 0 radical (unpaired) electrons. The number of fused-ring (bicyclic) bond motifs is 1. The summed E-state index contributed by atoms with van der Waals surface area (Å²) < 4.78 is 0. The summed E-state index contributed by atoms with van der Waals surface area (Å²) in [4.78, 5) is 11.6. The Morgan fingerprint density at radius 2 is 2.15 bits per heavy atom. The molecule has 2 rings (SSSR count). The van der Waals surface area contributed by atoms with Crippen molar-refractivity contribution >= 4 is 23.2 Å². The molecule has 0 fully saturated rings. The lowest BCUT2D eigenvalue weighted by molar-refractivity contribution is -0.119. The quantitative estimate of drug-likeness (QED) is 0.684. The van der Waals surface area contributed by atoms with Gasteiger partial charge in [-0.05, 0) is 18.6 Å². The molecule has 1 amide bonds. The van der Waals surface area contributed by atoms with E-state index in [0.29, 0.717) is 5.88 Å². The van der Waals surface area contributed by atoms with Crippen LogP contribution in [0.15, 0.2) is 24.3 Å². The maximum absolute atomic E-state index is 11.6. The number of anilines is 1. The highest BCUT2D eigenvalue weighted by molar-refractivity contribution is 6.22. The van der Waals surface area contributed by atoms with Crippen LogP contribution in [-0.2, 0) is 10.2 Å². The van der Waals surface area contributed by atoms with E-state index in [0.717, 1.165) is 11.3 Å². The zero-order valence-electron chi connectivity index (χ0n) is 7.30. The van der Waals surface area contributed by atoms with E-state index < -0.39 is 5.41 Å². The Labute approximate surface area is 81.9 Å². The predicted octanol–water partition coefficient (Wildman–Crippen LogP) is 2.14. The highest BCUT2D eigenvalue weighted by atomic mass is 35.5. The first-order valence-electron chi connectivity index (χ1n) is 4.15. The predicted molar refractivity (Wildman–Crippen MR) is 53.1 cm³/mol. The topological polar surface area (TPSA) is 29.1 Å². The minimum absolute atomic E-state index is 0.0105. The zero-order chi connectivity index (χ0) is 9.47. The van der Waals surface area contributed by atoms with Crippen molar-refractivity contribution in [3.63, 3.8) is 0 Å². The summed E-state index contributed by atoms with van der Waals surface area (Å²) in [6, 6.07) is 7.66. The first kappa shape index (κ1) is 8.57. The van der Waals surface area contributed by atoms with E-state index >= 15 is 0 Å². The van der Waals surface area contributed by atoms with Crippen molar-refractivity contribution in [3.05, 3.63) is 29.8 Å². The highest BCUT2D eigenvalue weighted by Gasteiger charge is 2.41. The van der Waals surface area contributed by atoms with Crippen LogP contribution >= 0.6 is 11.6 Å². The molecule has 13 heavy (non-hydrogen) atoms. The molecule has 0 aliphatic carbocycles. The van der Waals surface area contributed by atoms with Crippen LogP contribution in [0.1, 0.15) is 12.5 Å². The molecule has 0 saturated carbocycles. The van der Waals surface area contributed by atoms with Gasteiger partial charge >= 0.3 is 0 Å². The van der Waals surface area contributed by atoms with Crippen LogP contribution in [-0.4, -0.2) is 11.8 Å². The van der Waals surface area contributed by atoms with Gasteiger partial charge in [-0.25, -0.2) is 0 Å². The van der Waals surface area contributed by atoms with Gasteiger partial charge < -0.3 is 5.32 Å². The minimum atomic E-state index is -0.557. The van der Waals surface area contributed by atoms with Crippen LogP contribution in [0.5, 0.6) is 0 Å². The molecule has 3 heteroatoms. The van der Waals surface area contributed by atoms with Crippen LogP contribution in [0.3, 0.4) is 0 Å². The molecule has 1 N–H and O–H groups in total. The fourth-order valence-electron chi connectivity index (χ4n) is 1.59. The number of hydrogen-bond acceptors (Lipinski definition) is 1. The fourth-order valence-corrected chi connectivity index (χ4v) is 1.85. The molecule has 2 nitrogen and oxygen atoms in total. The van der Waals surface area contributed by atoms with Crippen molar-refractivity contribution in [2.24, 2.45) is 0 Å². The lowest BCUT2D eigenvalue weighted by Gasteiger charge is -2.17. The highest BCUT2D eigenvalue weighted by Crippen LogP contribution is 2.37. The Kier molecular flexibility index (Phi) is 1.81. The molecule has 0 spiro atoms. The van der Waals surface area contributed by atoms with E-state index in [9.17, 15) is 4.79 Å². The van der Waals surface area contributed by atoms with E-state index in [-0.39, 0.29) is 5.91 Å². The number of carbonyl (C=O) groups is 1. The molecule has 68 valence electrons. The van der Waals surface area contributed by atoms with Crippen molar-refractivity contribution in [2.75, 3.05) is 11.2 Å². The van der Waals surface area contributed by atoms with Crippen LogP contribution in [0.2, 0.25) is 0 Å². The van der Waals surface area contributed by atoms with Gasteiger partial charge in [0.15, 0.2) is 0 Å². The van der Waals surface area contributed by atoms with Crippen molar-refractivity contribution in [2.45, 2.75) is 12.3 Å². The van der Waals surface area contributed by atoms with E-state index in [1.807, 2.05) is 31.2 Å². The van der Waals surface area contributed by atoms with Gasteiger partial charge in [0.25, 0.3) is 0 Å². The van der Waals surface area contributed by atoms with Crippen LogP contribution in [0.25, 0.3) is 0 Å². The molecular formula is C10H10ClNO. The number of para-hydroxylation sites is 1. The van der Waals surface area contributed by atoms with Gasteiger partial charge in [0.2, 0.25) is 5.91 Å². The molecular weight excluding hydrogens is 186 g/mol. The maximum Gasteiger partial charge on any atom is 0.236 e. The Morgan fingerprint density at radius 1 is 1.46 bits per heavy atom. The lowest BCUT2D eigenvalue weighted by Crippen LogP contribution is -2.32. The van der Waals surface area contributed by atoms with Crippen molar-refractivity contribution in [1.82, 2.24) is 0 Å². The summed E-state index contributed by atoms with van der Waals surface area (Å²) in [5.74, 6) is 0.305. The molecule has 0 aromatic heterocycles. The number of hydrogen-bond donors (Lipinski definition) is 1. The Bertz CT molecular complexity index is 364. The SMILES string of the molecule is CC1(CCl)C(=O)Nc2ccccc21. The third kappa shape index (κ3) is 1.05. The van der Waals surface area contributed by atoms with E-state index in [1.54, 1.807) is 0 Å². The van der Waals surface area contributed by atoms with E-state index in [2.05, 4.69) is 5.32 Å². The zero-order valence-corrected chi connectivity index (χ0v) is 8.06. The number of halogens is 1. The van der Waals surface area contributed by atoms with Gasteiger partial charge in [-0.1, -0.05) is 18.2 Å². The number of carbonyl (C=O) groups excluding carboxylic acids is 1. The molecule has 1 aromatic rings. The average Bonchev–Trinajstić information content (AvgIpc) is 2.41. The van der Waals surface area contributed by atoms with Gasteiger partial charge in [0, 0.05) is 11.6 Å². The number of benzene rings is 1. The van der Waals surface area contributed by atoms with Gasteiger partial charge in [0.05, 0.1) is 5.41 Å². The number of amides is 1. The first-order valence-corrected chi connectivity index (χ1v) is 4.69. The Morgan fingerprint density at radius 3 is 2.85 bits per heavy atom. The van der Waals surface area contributed by atoms with Crippen molar-refractivity contribution in [1.29, 1.82) is 0 Å². The molecule has 0 saturated heterocycles. The molecule has 1 heterocycles. The monoisotopic (exact) mass is 195 g/mol. The number of alkyl halides is 1. The van der Waals surface area contributed by atoms with Gasteiger partial charge in [-0.15, -0.1) is 11.6 Å². The smallest absolute Gasteiger partial charge is 0.236 e. The summed E-state index contributed by atoms with van der Waals surface area (Å²) in [6.45, 7) is 1.86. The second-order valence-corrected chi connectivity index (χ2v) is 3.73. The summed E-state index contributed by atoms with van der Waals surface area (Å²) in [5.41, 5.74) is 1.32. The standard InChI is InChI=1S/C10H10ClNO/c1-10(6-11)7-4-2-3-5-8(7)12-9(10)13/h2-5H,6H2,1H3,(H,12,13). The Hall–Kier alpha value is -1.02.